The van der Waals surface area contributed by atoms with Gasteiger partial charge in [-0.05, 0) is 50.3 Å². The minimum atomic E-state index is -0.0481. The molecule has 2 aromatic rings. The van der Waals surface area contributed by atoms with Crippen molar-refractivity contribution < 1.29 is 4.79 Å². The molecule has 1 aliphatic carbocycles. The number of carbonyl (C=O) groups is 1. The van der Waals surface area contributed by atoms with Crippen molar-refractivity contribution in [3.63, 3.8) is 0 Å². The summed E-state index contributed by atoms with van der Waals surface area (Å²) in [5, 5.41) is 16.3. The van der Waals surface area contributed by atoms with E-state index in [9.17, 15) is 4.79 Å². The van der Waals surface area contributed by atoms with Gasteiger partial charge in [-0.2, -0.15) is 0 Å². The summed E-state index contributed by atoms with van der Waals surface area (Å²) in [7, 11) is 0. The molecule has 1 aromatic carbocycles. The Hall–Kier alpha value is -2.89. The number of nitrogens with zero attached hydrogens (tertiary/aromatic N) is 2. The first-order chi connectivity index (χ1) is 14.1. The summed E-state index contributed by atoms with van der Waals surface area (Å²) in [5.74, 6) is 0. The highest BCUT2D eigenvalue weighted by Gasteiger charge is 2.46. The molecule has 1 spiro atoms. The lowest BCUT2D eigenvalue weighted by atomic mass is 9.82. The van der Waals surface area contributed by atoms with Crippen molar-refractivity contribution in [1.82, 2.24) is 20.5 Å². The van der Waals surface area contributed by atoms with Gasteiger partial charge in [0, 0.05) is 53.9 Å². The molecule has 3 aliphatic rings. The van der Waals surface area contributed by atoms with E-state index in [0.29, 0.717) is 11.8 Å². The Labute approximate surface area is 170 Å². The number of aromatic nitrogens is 1. The summed E-state index contributed by atoms with van der Waals surface area (Å²) in [6, 6.07) is 10.4. The van der Waals surface area contributed by atoms with E-state index < -0.39 is 0 Å². The standard InChI is InChI=1S/C23H27N5O/c24-19(17-12-16-4-1-2-7-20(16)26-14-17)13-21-23(8-10-25-21)9-11-28(15-23)22(29)27-18-5-3-6-18/h1-2,4,7,12-14,18,24-25H,3,5-6,8-11,15H2,(H,27,29)/b21-13-,24-19?. The Kier molecular flexibility index (Phi) is 4.49. The Morgan fingerprint density at radius 2 is 2.17 bits per heavy atom. The maximum absolute atomic E-state index is 12.6. The number of likely N-dealkylation sites (tertiary alicyclic amines) is 1. The number of urea groups is 1. The topological polar surface area (TPSA) is 81.1 Å². The first-order valence-corrected chi connectivity index (χ1v) is 10.6. The molecule has 2 saturated heterocycles. The summed E-state index contributed by atoms with van der Waals surface area (Å²) in [6.45, 7) is 2.41. The minimum Gasteiger partial charge on any atom is -0.388 e. The lowest BCUT2D eigenvalue weighted by Crippen LogP contribution is -2.47. The summed E-state index contributed by atoms with van der Waals surface area (Å²) in [4.78, 5) is 19.0. The van der Waals surface area contributed by atoms with Crippen LogP contribution in [0.1, 0.15) is 37.7 Å². The third-order valence-corrected chi connectivity index (χ3v) is 6.75. The molecular weight excluding hydrogens is 362 g/mol. The average molecular weight is 390 g/mol. The van der Waals surface area contributed by atoms with Crippen LogP contribution < -0.4 is 10.6 Å². The van der Waals surface area contributed by atoms with Crippen LogP contribution >= 0.6 is 0 Å². The van der Waals surface area contributed by atoms with Crippen molar-refractivity contribution in [3.8, 4) is 0 Å². The van der Waals surface area contributed by atoms with E-state index in [1.54, 1.807) is 6.20 Å². The third kappa shape index (κ3) is 3.37. The molecule has 3 fully saturated rings. The van der Waals surface area contributed by atoms with Crippen LogP contribution in [-0.4, -0.2) is 47.3 Å². The highest BCUT2D eigenvalue weighted by Crippen LogP contribution is 2.43. The smallest absolute Gasteiger partial charge is 0.317 e. The quantitative estimate of drug-likeness (QED) is 0.704. The van der Waals surface area contributed by atoms with E-state index in [4.69, 9.17) is 5.41 Å². The van der Waals surface area contributed by atoms with Gasteiger partial charge >= 0.3 is 6.03 Å². The molecule has 150 valence electrons. The van der Waals surface area contributed by atoms with E-state index in [1.807, 2.05) is 41.3 Å². The van der Waals surface area contributed by atoms with Gasteiger partial charge in [-0.3, -0.25) is 4.98 Å². The zero-order chi connectivity index (χ0) is 19.8. The van der Waals surface area contributed by atoms with E-state index in [-0.39, 0.29) is 11.4 Å². The number of benzene rings is 1. The van der Waals surface area contributed by atoms with Crippen LogP contribution in [0, 0.1) is 10.8 Å². The Morgan fingerprint density at radius 1 is 1.31 bits per heavy atom. The van der Waals surface area contributed by atoms with Crippen molar-refractivity contribution in [2.75, 3.05) is 19.6 Å². The molecule has 0 radical (unpaired) electrons. The lowest BCUT2D eigenvalue weighted by molar-refractivity contribution is 0.192. The Balaban J connectivity index is 1.33. The van der Waals surface area contributed by atoms with Crippen molar-refractivity contribution in [1.29, 1.82) is 5.41 Å². The maximum Gasteiger partial charge on any atom is 0.317 e. The zero-order valence-corrected chi connectivity index (χ0v) is 16.6. The van der Waals surface area contributed by atoms with Crippen molar-refractivity contribution in [3.05, 3.63) is 53.9 Å². The SMILES string of the molecule is N=C(/C=C1\NCCC12CCN(C(=O)NC1CCC1)C2)c1cnc2ccccc2c1. The summed E-state index contributed by atoms with van der Waals surface area (Å²) in [5.41, 5.74) is 3.26. The molecular formula is C23H27N5O. The Bertz CT molecular complexity index is 996. The summed E-state index contributed by atoms with van der Waals surface area (Å²) >= 11 is 0. The van der Waals surface area contributed by atoms with Gasteiger partial charge in [0.15, 0.2) is 0 Å². The molecule has 1 saturated carbocycles. The molecule has 1 atom stereocenters. The number of hydrogen-bond acceptors (Lipinski definition) is 4. The predicted octanol–water partition coefficient (Wildman–Crippen LogP) is 3.43. The molecule has 5 rings (SSSR count). The summed E-state index contributed by atoms with van der Waals surface area (Å²) < 4.78 is 0. The van der Waals surface area contributed by atoms with Crippen molar-refractivity contribution in [2.24, 2.45) is 5.41 Å². The number of para-hydroxylation sites is 1. The number of pyridine rings is 1. The van der Waals surface area contributed by atoms with Gasteiger partial charge in [0.25, 0.3) is 0 Å². The molecule has 1 aromatic heterocycles. The van der Waals surface area contributed by atoms with Gasteiger partial charge in [-0.25, -0.2) is 4.79 Å². The average Bonchev–Trinajstić information content (AvgIpc) is 3.31. The molecule has 6 nitrogen and oxygen atoms in total. The molecule has 0 bridgehead atoms. The van der Waals surface area contributed by atoms with Crippen LogP contribution in [0.25, 0.3) is 10.9 Å². The fourth-order valence-electron chi connectivity index (χ4n) is 4.70. The molecule has 1 unspecified atom stereocenters. The molecule has 6 heteroatoms. The van der Waals surface area contributed by atoms with E-state index in [2.05, 4.69) is 15.6 Å². The third-order valence-electron chi connectivity index (χ3n) is 6.75. The van der Waals surface area contributed by atoms with E-state index >= 15 is 0 Å². The second-order valence-corrected chi connectivity index (χ2v) is 8.59. The number of nitrogens with one attached hydrogen (secondary N) is 3. The van der Waals surface area contributed by atoms with Gasteiger partial charge in [-0.1, -0.05) is 18.2 Å². The molecule has 2 amide bonds. The van der Waals surface area contributed by atoms with Crippen LogP contribution in [-0.2, 0) is 0 Å². The fourth-order valence-corrected chi connectivity index (χ4v) is 4.70. The lowest BCUT2D eigenvalue weighted by Gasteiger charge is -2.30. The normalized spacial score (nSPS) is 25.4. The predicted molar refractivity (Wildman–Crippen MR) is 114 cm³/mol. The number of allylic oxidation sites excluding steroid dienone is 1. The van der Waals surface area contributed by atoms with Crippen LogP contribution in [0.5, 0.6) is 0 Å². The van der Waals surface area contributed by atoms with Crippen LogP contribution in [0.15, 0.2) is 48.3 Å². The van der Waals surface area contributed by atoms with Crippen LogP contribution in [0.2, 0.25) is 0 Å². The fraction of sp³-hybridized carbons (Fsp3) is 0.435. The number of rotatable bonds is 3. The van der Waals surface area contributed by atoms with Gasteiger partial charge < -0.3 is 20.9 Å². The molecule has 3 heterocycles. The molecule has 29 heavy (non-hydrogen) atoms. The number of amides is 2. The van der Waals surface area contributed by atoms with Gasteiger partial charge in [0.05, 0.1) is 11.2 Å². The van der Waals surface area contributed by atoms with Crippen molar-refractivity contribution in [2.45, 2.75) is 38.1 Å². The first kappa shape index (κ1) is 18.2. The van der Waals surface area contributed by atoms with E-state index in [1.165, 1.54) is 6.42 Å². The number of fused-ring (bicyclic) bond motifs is 1. The maximum atomic E-state index is 12.6. The van der Waals surface area contributed by atoms with Gasteiger partial charge in [0.2, 0.25) is 0 Å². The largest absolute Gasteiger partial charge is 0.388 e. The second kappa shape index (κ2) is 7.17. The molecule has 2 aliphatic heterocycles. The zero-order valence-electron chi connectivity index (χ0n) is 16.6. The Morgan fingerprint density at radius 3 is 3.00 bits per heavy atom. The summed E-state index contributed by atoms with van der Waals surface area (Å²) in [6.07, 6.45) is 9.12. The monoisotopic (exact) mass is 389 g/mol. The first-order valence-electron chi connectivity index (χ1n) is 10.6. The number of carbonyl (C=O) groups excluding carboxylic acids is 1. The minimum absolute atomic E-state index is 0.0481. The van der Waals surface area contributed by atoms with E-state index in [0.717, 1.165) is 67.5 Å². The van der Waals surface area contributed by atoms with Gasteiger partial charge in [-0.15, -0.1) is 0 Å². The molecule has 3 N–H and O–H groups in total. The van der Waals surface area contributed by atoms with Gasteiger partial charge in [0.1, 0.15) is 0 Å². The number of hydrogen-bond donors (Lipinski definition) is 3. The van der Waals surface area contributed by atoms with Crippen LogP contribution in [0.3, 0.4) is 0 Å². The van der Waals surface area contributed by atoms with Crippen molar-refractivity contribution >= 4 is 22.6 Å². The van der Waals surface area contributed by atoms with Crippen LogP contribution in [0.4, 0.5) is 4.79 Å². The highest BCUT2D eigenvalue weighted by atomic mass is 16.2. The second-order valence-electron chi connectivity index (χ2n) is 8.59. The highest BCUT2D eigenvalue weighted by molar-refractivity contribution is 6.08.